The Morgan fingerprint density at radius 2 is 1.76 bits per heavy atom. The van der Waals surface area contributed by atoms with Crippen molar-refractivity contribution in [2.75, 3.05) is 32.7 Å². The summed E-state index contributed by atoms with van der Waals surface area (Å²) < 4.78 is 0. The minimum absolute atomic E-state index is 0.242. The Morgan fingerprint density at radius 1 is 1.14 bits per heavy atom. The summed E-state index contributed by atoms with van der Waals surface area (Å²) in [6.07, 6.45) is 0.242. The third-order valence-electron chi connectivity index (χ3n) is 4.21. The molecule has 0 aromatic heterocycles. The molecule has 1 aliphatic heterocycles. The number of nitrogens with zero attached hydrogens (tertiary/aromatic N) is 2. The first-order valence-corrected chi connectivity index (χ1v) is 7.81. The highest BCUT2D eigenvalue weighted by atomic mass is 16.4. The average Bonchev–Trinajstić information content (AvgIpc) is 2.47. The first-order chi connectivity index (χ1) is 10.1. The molecule has 1 saturated heterocycles. The molecule has 0 aliphatic carbocycles. The highest BCUT2D eigenvalue weighted by molar-refractivity contribution is 5.66. The van der Waals surface area contributed by atoms with E-state index in [1.54, 1.807) is 0 Å². The maximum absolute atomic E-state index is 10.7. The second-order valence-electron chi connectivity index (χ2n) is 6.12. The molecule has 1 fully saturated rings. The summed E-state index contributed by atoms with van der Waals surface area (Å²) >= 11 is 0. The van der Waals surface area contributed by atoms with Crippen LogP contribution in [0.1, 0.15) is 31.9 Å². The number of hydrogen-bond donors (Lipinski definition) is 1. The van der Waals surface area contributed by atoms with E-state index in [0.717, 1.165) is 26.2 Å². The number of aliphatic carboxylic acids is 1. The minimum atomic E-state index is -0.707. The Morgan fingerprint density at radius 3 is 2.29 bits per heavy atom. The molecule has 1 unspecified atom stereocenters. The van der Waals surface area contributed by atoms with Crippen LogP contribution < -0.4 is 0 Å². The van der Waals surface area contributed by atoms with Crippen molar-refractivity contribution in [1.82, 2.24) is 9.80 Å². The van der Waals surface area contributed by atoms with Gasteiger partial charge in [-0.3, -0.25) is 9.69 Å². The highest BCUT2D eigenvalue weighted by Crippen LogP contribution is 2.29. The third kappa shape index (κ3) is 4.55. The van der Waals surface area contributed by atoms with Crippen LogP contribution >= 0.6 is 0 Å². The van der Waals surface area contributed by atoms with E-state index >= 15 is 0 Å². The largest absolute Gasteiger partial charge is 0.481 e. The molecule has 1 heterocycles. The zero-order valence-electron chi connectivity index (χ0n) is 13.0. The summed E-state index contributed by atoms with van der Waals surface area (Å²) in [7, 11) is 0. The van der Waals surface area contributed by atoms with Crippen molar-refractivity contribution >= 4 is 5.97 Å². The predicted octanol–water partition coefficient (Wildman–Crippen LogP) is 2.48. The quantitative estimate of drug-likeness (QED) is 0.874. The Bertz CT molecular complexity index is 439. The Kier molecular flexibility index (Phi) is 5.76. The van der Waals surface area contributed by atoms with Crippen molar-refractivity contribution in [3.8, 4) is 0 Å². The van der Waals surface area contributed by atoms with E-state index in [4.69, 9.17) is 5.11 Å². The van der Waals surface area contributed by atoms with Crippen molar-refractivity contribution in [2.24, 2.45) is 5.92 Å². The standard InChI is InChI=1S/C17H26N2O2/c1-14(2)17(15-6-4-3-5-7-15)19-12-10-18(11-13-19)9-8-16(20)21/h3-7,14,17H,8-13H2,1-2H3,(H,20,21). The van der Waals surface area contributed by atoms with Crippen LogP contribution in [0.4, 0.5) is 0 Å². The molecule has 0 spiro atoms. The van der Waals surface area contributed by atoms with E-state index in [9.17, 15) is 4.79 Å². The van der Waals surface area contributed by atoms with Crippen LogP contribution in [0.3, 0.4) is 0 Å². The van der Waals surface area contributed by atoms with Gasteiger partial charge < -0.3 is 10.0 Å². The number of piperazine rings is 1. The summed E-state index contributed by atoms with van der Waals surface area (Å²) in [6.45, 7) is 9.16. The van der Waals surface area contributed by atoms with Gasteiger partial charge in [-0.25, -0.2) is 0 Å². The molecule has 4 nitrogen and oxygen atoms in total. The minimum Gasteiger partial charge on any atom is -0.481 e. The number of carbonyl (C=O) groups is 1. The molecule has 2 rings (SSSR count). The van der Waals surface area contributed by atoms with Crippen LogP contribution in [0, 0.1) is 5.92 Å². The fraction of sp³-hybridized carbons (Fsp3) is 0.588. The summed E-state index contributed by atoms with van der Waals surface area (Å²) in [5, 5.41) is 8.77. The van der Waals surface area contributed by atoms with E-state index < -0.39 is 5.97 Å². The lowest BCUT2D eigenvalue weighted by Gasteiger charge is -2.41. The van der Waals surface area contributed by atoms with Gasteiger partial charge in [0.25, 0.3) is 0 Å². The van der Waals surface area contributed by atoms with E-state index in [-0.39, 0.29) is 6.42 Å². The normalized spacial score (nSPS) is 18.8. The summed E-state index contributed by atoms with van der Waals surface area (Å²) in [5.74, 6) is -0.139. The predicted molar refractivity (Wildman–Crippen MR) is 84.3 cm³/mol. The van der Waals surface area contributed by atoms with Crippen molar-refractivity contribution in [3.63, 3.8) is 0 Å². The smallest absolute Gasteiger partial charge is 0.304 e. The topological polar surface area (TPSA) is 43.8 Å². The Hall–Kier alpha value is -1.39. The van der Waals surface area contributed by atoms with E-state index in [0.29, 0.717) is 18.5 Å². The van der Waals surface area contributed by atoms with Crippen molar-refractivity contribution < 1.29 is 9.90 Å². The van der Waals surface area contributed by atoms with Gasteiger partial charge in [-0.05, 0) is 11.5 Å². The lowest BCUT2D eigenvalue weighted by atomic mass is 9.94. The Balaban J connectivity index is 1.94. The van der Waals surface area contributed by atoms with Crippen LogP contribution in [0.15, 0.2) is 30.3 Å². The fourth-order valence-electron chi connectivity index (χ4n) is 3.19. The van der Waals surface area contributed by atoms with Gasteiger partial charge in [0.05, 0.1) is 6.42 Å². The van der Waals surface area contributed by atoms with Gasteiger partial charge in [-0.15, -0.1) is 0 Å². The maximum atomic E-state index is 10.7. The van der Waals surface area contributed by atoms with Crippen LogP contribution in [-0.2, 0) is 4.79 Å². The van der Waals surface area contributed by atoms with E-state index in [1.165, 1.54) is 5.56 Å². The molecule has 116 valence electrons. The lowest BCUT2D eigenvalue weighted by Crippen LogP contribution is -2.48. The number of benzene rings is 1. The first kappa shape index (κ1) is 16.0. The molecule has 1 aromatic carbocycles. The van der Waals surface area contributed by atoms with Crippen LogP contribution in [0.5, 0.6) is 0 Å². The zero-order chi connectivity index (χ0) is 15.2. The molecule has 0 radical (unpaired) electrons. The van der Waals surface area contributed by atoms with E-state index in [2.05, 4.69) is 54.0 Å². The second kappa shape index (κ2) is 7.57. The second-order valence-corrected chi connectivity index (χ2v) is 6.12. The van der Waals surface area contributed by atoms with E-state index in [1.807, 2.05) is 0 Å². The molecule has 21 heavy (non-hydrogen) atoms. The Labute approximate surface area is 127 Å². The van der Waals surface area contributed by atoms with Crippen LogP contribution in [-0.4, -0.2) is 53.6 Å². The summed E-state index contributed by atoms with van der Waals surface area (Å²) in [4.78, 5) is 15.4. The fourth-order valence-corrected chi connectivity index (χ4v) is 3.19. The van der Waals surface area contributed by atoms with Gasteiger partial charge in [0.1, 0.15) is 0 Å². The van der Waals surface area contributed by atoms with Crippen molar-refractivity contribution in [1.29, 1.82) is 0 Å². The number of carboxylic acids is 1. The molecule has 0 amide bonds. The number of hydrogen-bond acceptors (Lipinski definition) is 3. The zero-order valence-corrected chi connectivity index (χ0v) is 13.0. The highest BCUT2D eigenvalue weighted by Gasteiger charge is 2.27. The van der Waals surface area contributed by atoms with Crippen LogP contribution in [0.25, 0.3) is 0 Å². The van der Waals surface area contributed by atoms with Gasteiger partial charge in [0.15, 0.2) is 0 Å². The number of carboxylic acid groups (broad SMARTS) is 1. The van der Waals surface area contributed by atoms with Gasteiger partial charge >= 0.3 is 5.97 Å². The van der Waals surface area contributed by atoms with Gasteiger partial charge in [0.2, 0.25) is 0 Å². The van der Waals surface area contributed by atoms with Gasteiger partial charge in [0, 0.05) is 38.8 Å². The molecule has 0 saturated carbocycles. The third-order valence-corrected chi connectivity index (χ3v) is 4.21. The van der Waals surface area contributed by atoms with Crippen molar-refractivity contribution in [2.45, 2.75) is 26.3 Å². The summed E-state index contributed by atoms with van der Waals surface area (Å²) in [5.41, 5.74) is 1.38. The molecule has 4 heteroatoms. The lowest BCUT2D eigenvalue weighted by molar-refractivity contribution is -0.137. The molecule has 1 atom stereocenters. The molecule has 1 aliphatic rings. The van der Waals surface area contributed by atoms with Gasteiger partial charge in [-0.1, -0.05) is 44.2 Å². The molecular formula is C17H26N2O2. The molecule has 1 aromatic rings. The van der Waals surface area contributed by atoms with Crippen molar-refractivity contribution in [3.05, 3.63) is 35.9 Å². The SMILES string of the molecule is CC(C)C(c1ccccc1)N1CCN(CCC(=O)O)CC1. The number of rotatable bonds is 6. The molecule has 1 N–H and O–H groups in total. The molecule has 0 bridgehead atoms. The average molecular weight is 290 g/mol. The summed E-state index contributed by atoms with van der Waals surface area (Å²) in [6, 6.07) is 11.1. The maximum Gasteiger partial charge on any atom is 0.304 e. The van der Waals surface area contributed by atoms with Gasteiger partial charge in [-0.2, -0.15) is 0 Å². The first-order valence-electron chi connectivity index (χ1n) is 7.81. The molecular weight excluding hydrogens is 264 g/mol. The monoisotopic (exact) mass is 290 g/mol. The van der Waals surface area contributed by atoms with Crippen LogP contribution in [0.2, 0.25) is 0 Å².